The van der Waals surface area contributed by atoms with Crippen LogP contribution in [0.5, 0.6) is 11.5 Å². The summed E-state index contributed by atoms with van der Waals surface area (Å²) in [5.74, 6) is 1.19. The molecule has 1 aromatic heterocycles. The van der Waals surface area contributed by atoms with Crippen molar-refractivity contribution in [3.05, 3.63) is 52.2 Å². The van der Waals surface area contributed by atoms with Gasteiger partial charge in [0, 0.05) is 23.0 Å². The Morgan fingerprint density at radius 2 is 1.76 bits per heavy atom. The molecule has 0 unspecified atom stereocenters. The van der Waals surface area contributed by atoms with Crippen molar-refractivity contribution >= 4 is 40.3 Å². The zero-order valence-electron chi connectivity index (χ0n) is 14.4. The van der Waals surface area contributed by atoms with E-state index in [1.54, 1.807) is 26.4 Å². The zero-order valence-corrected chi connectivity index (χ0v) is 16.0. The molecule has 1 fully saturated rings. The number of aromatic nitrogens is 1. The van der Waals surface area contributed by atoms with Gasteiger partial charge in [0.15, 0.2) is 4.32 Å². The maximum absolute atomic E-state index is 12.9. The lowest BCUT2D eigenvalue weighted by atomic mass is 10.1. The number of thiocarbonyl (C=S) groups is 1. The van der Waals surface area contributed by atoms with E-state index in [4.69, 9.17) is 21.7 Å². The summed E-state index contributed by atoms with van der Waals surface area (Å²) in [4.78, 5) is 13.5. The van der Waals surface area contributed by atoms with Crippen molar-refractivity contribution in [2.24, 2.45) is 0 Å². The summed E-state index contributed by atoms with van der Waals surface area (Å²) in [6.07, 6.45) is 1.80. The van der Waals surface area contributed by atoms with Crippen LogP contribution in [0.3, 0.4) is 0 Å². The Bertz CT molecular complexity index is 867. The van der Waals surface area contributed by atoms with Gasteiger partial charge in [0.05, 0.1) is 19.1 Å². The number of benzene rings is 1. The fourth-order valence-corrected chi connectivity index (χ4v) is 3.92. The molecule has 0 saturated carbocycles. The van der Waals surface area contributed by atoms with Gasteiger partial charge in [-0.05, 0) is 56.4 Å². The number of hydrogen-bond acceptors (Lipinski definition) is 5. The molecule has 2 aromatic rings. The molecule has 25 heavy (non-hydrogen) atoms. The second kappa shape index (κ2) is 6.93. The Kier molecular flexibility index (Phi) is 4.87. The lowest BCUT2D eigenvalue weighted by Crippen LogP contribution is -2.39. The van der Waals surface area contributed by atoms with E-state index in [-0.39, 0.29) is 5.91 Å². The topological polar surface area (TPSA) is 43.7 Å². The third kappa shape index (κ3) is 3.17. The SMILES string of the molecule is COc1ccc(/C=C2/SC(=S)N(n3c(C)ccc3C)C2=O)c(OC)c1. The van der Waals surface area contributed by atoms with Crippen LogP contribution >= 0.6 is 24.0 Å². The molecule has 1 aliphatic heterocycles. The van der Waals surface area contributed by atoms with Gasteiger partial charge in [-0.25, -0.2) is 0 Å². The summed E-state index contributed by atoms with van der Waals surface area (Å²) in [6, 6.07) is 9.40. The van der Waals surface area contributed by atoms with Crippen LogP contribution in [0.4, 0.5) is 0 Å². The highest BCUT2D eigenvalue weighted by atomic mass is 32.2. The molecule has 0 bridgehead atoms. The number of methoxy groups -OCH3 is 2. The van der Waals surface area contributed by atoms with E-state index in [0.717, 1.165) is 17.0 Å². The van der Waals surface area contributed by atoms with Crippen molar-refractivity contribution in [2.45, 2.75) is 13.8 Å². The van der Waals surface area contributed by atoms with Gasteiger partial charge in [-0.3, -0.25) is 9.47 Å². The van der Waals surface area contributed by atoms with Crippen LogP contribution < -0.4 is 14.5 Å². The van der Waals surface area contributed by atoms with Gasteiger partial charge in [-0.15, -0.1) is 0 Å². The van der Waals surface area contributed by atoms with Gasteiger partial charge >= 0.3 is 0 Å². The Labute approximate surface area is 156 Å². The Hall–Kier alpha value is -2.25. The molecule has 2 heterocycles. The molecule has 1 amide bonds. The first kappa shape index (κ1) is 17.6. The number of thioether (sulfide) groups is 1. The summed E-state index contributed by atoms with van der Waals surface area (Å²) in [5.41, 5.74) is 2.71. The maximum atomic E-state index is 12.9. The molecule has 3 rings (SSSR count). The van der Waals surface area contributed by atoms with Crippen molar-refractivity contribution < 1.29 is 14.3 Å². The second-order valence-electron chi connectivity index (χ2n) is 5.53. The van der Waals surface area contributed by atoms with E-state index in [1.807, 2.05) is 42.8 Å². The fourth-order valence-electron chi connectivity index (χ4n) is 2.69. The van der Waals surface area contributed by atoms with Crippen LogP contribution in [0.2, 0.25) is 0 Å². The van der Waals surface area contributed by atoms with Crippen LogP contribution in [0.1, 0.15) is 17.0 Å². The average molecular weight is 374 g/mol. The van der Waals surface area contributed by atoms with Crippen LogP contribution in [-0.2, 0) is 4.79 Å². The molecule has 0 atom stereocenters. The number of amides is 1. The largest absolute Gasteiger partial charge is 0.497 e. The van der Waals surface area contributed by atoms with Crippen LogP contribution in [-0.4, -0.2) is 29.1 Å². The monoisotopic (exact) mass is 374 g/mol. The van der Waals surface area contributed by atoms with Gasteiger partial charge in [0.2, 0.25) is 0 Å². The highest BCUT2D eigenvalue weighted by Crippen LogP contribution is 2.35. The molecule has 7 heteroatoms. The van der Waals surface area contributed by atoms with Gasteiger partial charge in [-0.2, -0.15) is 5.01 Å². The third-order valence-corrected chi connectivity index (χ3v) is 5.22. The Morgan fingerprint density at radius 1 is 1.08 bits per heavy atom. The van der Waals surface area contributed by atoms with E-state index in [1.165, 1.54) is 16.8 Å². The van der Waals surface area contributed by atoms with E-state index >= 15 is 0 Å². The molecule has 1 aliphatic rings. The summed E-state index contributed by atoms with van der Waals surface area (Å²) in [5, 5.41) is 1.53. The van der Waals surface area contributed by atoms with Crippen molar-refractivity contribution in [1.82, 2.24) is 4.68 Å². The van der Waals surface area contributed by atoms with Gasteiger partial charge in [0.1, 0.15) is 11.5 Å². The molecule has 0 aliphatic carbocycles. The van der Waals surface area contributed by atoms with Crippen molar-refractivity contribution in [1.29, 1.82) is 0 Å². The Morgan fingerprint density at radius 3 is 2.36 bits per heavy atom. The van der Waals surface area contributed by atoms with Crippen LogP contribution in [0.25, 0.3) is 6.08 Å². The zero-order chi connectivity index (χ0) is 18.1. The molecule has 1 aromatic carbocycles. The first-order valence-corrected chi connectivity index (χ1v) is 8.84. The second-order valence-corrected chi connectivity index (χ2v) is 7.21. The minimum Gasteiger partial charge on any atom is -0.497 e. The Balaban J connectivity index is 1.99. The maximum Gasteiger partial charge on any atom is 0.285 e. The molecule has 0 radical (unpaired) electrons. The quantitative estimate of drug-likeness (QED) is 0.604. The summed E-state index contributed by atoms with van der Waals surface area (Å²) in [7, 11) is 3.19. The molecule has 130 valence electrons. The van der Waals surface area contributed by atoms with E-state index < -0.39 is 0 Å². The standard InChI is InChI=1S/C18H18N2O3S2/c1-11-5-6-12(2)19(11)20-17(21)16(25-18(20)24)9-13-7-8-14(22-3)10-15(13)23-4/h5-10H,1-4H3/b16-9+. The lowest BCUT2D eigenvalue weighted by Gasteiger charge is -2.20. The number of nitrogens with zero attached hydrogens (tertiary/aromatic N) is 2. The number of carbonyl (C=O) groups is 1. The van der Waals surface area contributed by atoms with Gasteiger partial charge in [0.25, 0.3) is 5.91 Å². The number of rotatable bonds is 4. The molecule has 0 spiro atoms. The number of hydrogen-bond donors (Lipinski definition) is 0. The molecular formula is C18H18N2O3S2. The average Bonchev–Trinajstić information content (AvgIpc) is 3.06. The van der Waals surface area contributed by atoms with E-state index in [9.17, 15) is 4.79 Å². The van der Waals surface area contributed by atoms with Crippen molar-refractivity contribution in [2.75, 3.05) is 19.2 Å². The number of carbonyl (C=O) groups excluding carboxylic acids is 1. The molecular weight excluding hydrogens is 356 g/mol. The number of aryl methyl sites for hydroxylation is 2. The first-order valence-electron chi connectivity index (χ1n) is 7.61. The normalized spacial score (nSPS) is 16.0. The predicted molar refractivity (Wildman–Crippen MR) is 105 cm³/mol. The highest BCUT2D eigenvalue weighted by molar-refractivity contribution is 8.27. The van der Waals surface area contributed by atoms with Gasteiger partial charge < -0.3 is 9.47 Å². The summed E-state index contributed by atoms with van der Waals surface area (Å²) >= 11 is 6.72. The summed E-state index contributed by atoms with van der Waals surface area (Å²) in [6.45, 7) is 3.89. The van der Waals surface area contributed by atoms with E-state index in [0.29, 0.717) is 20.7 Å². The highest BCUT2D eigenvalue weighted by Gasteiger charge is 2.34. The van der Waals surface area contributed by atoms with Crippen LogP contribution in [0, 0.1) is 13.8 Å². The minimum atomic E-state index is -0.143. The van der Waals surface area contributed by atoms with Crippen LogP contribution in [0.15, 0.2) is 35.2 Å². The van der Waals surface area contributed by atoms with Crippen molar-refractivity contribution in [3.8, 4) is 11.5 Å². The molecule has 5 nitrogen and oxygen atoms in total. The predicted octanol–water partition coefficient (Wildman–Crippen LogP) is 3.66. The lowest BCUT2D eigenvalue weighted by molar-refractivity contribution is -0.114. The molecule has 1 saturated heterocycles. The van der Waals surface area contributed by atoms with Crippen molar-refractivity contribution in [3.63, 3.8) is 0 Å². The van der Waals surface area contributed by atoms with E-state index in [2.05, 4.69) is 0 Å². The molecule has 0 N–H and O–H groups in total. The fraction of sp³-hybridized carbons (Fsp3) is 0.222. The van der Waals surface area contributed by atoms with Gasteiger partial charge in [-0.1, -0.05) is 11.8 Å². The minimum absolute atomic E-state index is 0.143. The number of ether oxygens (including phenoxy) is 2. The summed E-state index contributed by atoms with van der Waals surface area (Å²) < 4.78 is 13.0. The third-order valence-electron chi connectivity index (χ3n) is 3.93. The first-order chi connectivity index (χ1) is 12.0. The smallest absolute Gasteiger partial charge is 0.285 e.